The Hall–Kier alpha value is -1.65. The lowest BCUT2D eigenvalue weighted by Gasteiger charge is -2.19. The van der Waals surface area contributed by atoms with Gasteiger partial charge in [-0.1, -0.05) is 30.7 Å². The molecule has 0 aliphatic rings. The molecule has 0 saturated heterocycles. The molecule has 1 amide bonds. The van der Waals surface area contributed by atoms with Crippen molar-refractivity contribution in [2.45, 2.75) is 44.0 Å². The highest BCUT2D eigenvalue weighted by Crippen LogP contribution is 2.25. The normalized spacial score (nSPS) is 11.8. The van der Waals surface area contributed by atoms with E-state index in [2.05, 4.69) is 18.3 Å². The highest BCUT2D eigenvalue weighted by molar-refractivity contribution is 7.99. The molecule has 0 fully saturated rings. The maximum absolute atomic E-state index is 12.3. The number of thioether (sulfide) groups is 1. The second-order valence-corrected chi connectivity index (χ2v) is 7.77. The fourth-order valence-electron chi connectivity index (χ4n) is 2.76. The van der Waals surface area contributed by atoms with Gasteiger partial charge in [-0.25, -0.2) is 0 Å². The van der Waals surface area contributed by atoms with Crippen LogP contribution in [0.5, 0.6) is 5.75 Å². The molecular formula is C21H26ClNO2S. The third-order valence-electron chi connectivity index (χ3n) is 4.20. The minimum Gasteiger partial charge on any atom is -0.496 e. The Morgan fingerprint density at radius 3 is 2.58 bits per heavy atom. The molecule has 0 heterocycles. The van der Waals surface area contributed by atoms with Gasteiger partial charge in [0.2, 0.25) is 5.91 Å². The van der Waals surface area contributed by atoms with Crippen LogP contribution in [0.15, 0.2) is 47.4 Å². The number of carbonyl (C=O) groups is 1. The molecule has 3 nitrogen and oxygen atoms in total. The molecule has 5 heteroatoms. The topological polar surface area (TPSA) is 38.3 Å². The van der Waals surface area contributed by atoms with E-state index < -0.39 is 0 Å². The van der Waals surface area contributed by atoms with Gasteiger partial charge >= 0.3 is 0 Å². The summed E-state index contributed by atoms with van der Waals surface area (Å²) in [5, 5.41) is 3.89. The predicted molar refractivity (Wildman–Crippen MR) is 110 cm³/mol. The first-order valence-corrected chi connectivity index (χ1v) is 10.2. The fourth-order valence-corrected chi connectivity index (χ4v) is 3.74. The van der Waals surface area contributed by atoms with Crippen molar-refractivity contribution in [3.05, 3.63) is 58.6 Å². The number of ether oxygens (including phenoxy) is 1. The first kappa shape index (κ1) is 20.7. The number of aryl methyl sites for hydroxylation is 1. The number of halogens is 1. The van der Waals surface area contributed by atoms with E-state index in [0.717, 1.165) is 40.5 Å². The summed E-state index contributed by atoms with van der Waals surface area (Å²) in [6, 6.07) is 13.9. The Morgan fingerprint density at radius 2 is 1.96 bits per heavy atom. The zero-order valence-electron chi connectivity index (χ0n) is 15.5. The molecule has 26 heavy (non-hydrogen) atoms. The molecule has 0 saturated carbocycles. The molecule has 0 aromatic heterocycles. The van der Waals surface area contributed by atoms with Crippen molar-refractivity contribution in [2.75, 3.05) is 12.9 Å². The van der Waals surface area contributed by atoms with Gasteiger partial charge in [0, 0.05) is 16.3 Å². The van der Waals surface area contributed by atoms with Gasteiger partial charge in [-0.05, 0) is 67.0 Å². The SMILES string of the molecule is CC[C@@H](NC(=O)CCCSc1ccc(Cl)cc1)c1ccc(OC)c(C)c1. The lowest BCUT2D eigenvalue weighted by molar-refractivity contribution is -0.121. The number of carbonyl (C=O) groups excluding carboxylic acids is 1. The third kappa shape index (κ3) is 6.26. The summed E-state index contributed by atoms with van der Waals surface area (Å²) >= 11 is 7.63. The molecule has 0 aliphatic carbocycles. The van der Waals surface area contributed by atoms with Crippen LogP contribution in [0.3, 0.4) is 0 Å². The van der Waals surface area contributed by atoms with Crippen LogP contribution in [0.1, 0.15) is 43.4 Å². The summed E-state index contributed by atoms with van der Waals surface area (Å²) in [4.78, 5) is 13.5. The number of methoxy groups -OCH3 is 1. The average Bonchev–Trinajstić information content (AvgIpc) is 2.64. The number of amides is 1. The molecular weight excluding hydrogens is 366 g/mol. The molecule has 0 aliphatic heterocycles. The van der Waals surface area contributed by atoms with Gasteiger partial charge in [-0.15, -0.1) is 11.8 Å². The largest absolute Gasteiger partial charge is 0.496 e. The molecule has 140 valence electrons. The number of rotatable bonds is 9. The summed E-state index contributed by atoms with van der Waals surface area (Å²) < 4.78 is 5.31. The Labute approximate surface area is 165 Å². The van der Waals surface area contributed by atoms with Crippen molar-refractivity contribution in [1.82, 2.24) is 5.32 Å². The fraction of sp³-hybridized carbons (Fsp3) is 0.381. The standard InChI is InChI=1S/C21H26ClNO2S/c1-4-19(16-7-12-20(25-3)15(2)14-16)23-21(24)6-5-13-26-18-10-8-17(22)9-11-18/h7-12,14,19H,4-6,13H2,1-3H3,(H,23,24)/t19-/m1/s1. The Kier molecular flexibility index (Phi) is 8.33. The summed E-state index contributed by atoms with van der Waals surface area (Å²) in [6.07, 6.45) is 2.24. The highest BCUT2D eigenvalue weighted by atomic mass is 35.5. The van der Waals surface area contributed by atoms with Crippen LogP contribution in [-0.2, 0) is 4.79 Å². The minimum atomic E-state index is 0.0380. The van der Waals surface area contributed by atoms with E-state index in [1.54, 1.807) is 18.9 Å². The Balaban J connectivity index is 1.79. The quantitative estimate of drug-likeness (QED) is 0.433. The number of nitrogens with one attached hydrogen (secondary N) is 1. The monoisotopic (exact) mass is 391 g/mol. The molecule has 1 atom stereocenters. The van der Waals surface area contributed by atoms with Crippen molar-refractivity contribution < 1.29 is 9.53 Å². The molecule has 0 radical (unpaired) electrons. The van der Waals surface area contributed by atoms with Gasteiger partial charge in [-0.2, -0.15) is 0 Å². The first-order valence-electron chi connectivity index (χ1n) is 8.85. The van der Waals surface area contributed by atoms with Crippen LogP contribution >= 0.6 is 23.4 Å². The zero-order valence-corrected chi connectivity index (χ0v) is 17.1. The third-order valence-corrected chi connectivity index (χ3v) is 5.55. The van der Waals surface area contributed by atoms with Crippen molar-refractivity contribution in [3.63, 3.8) is 0 Å². The van der Waals surface area contributed by atoms with Crippen LogP contribution in [0.4, 0.5) is 0 Å². The number of hydrogen-bond acceptors (Lipinski definition) is 3. The van der Waals surface area contributed by atoms with E-state index in [9.17, 15) is 4.79 Å². The highest BCUT2D eigenvalue weighted by Gasteiger charge is 2.13. The van der Waals surface area contributed by atoms with Crippen LogP contribution in [-0.4, -0.2) is 18.8 Å². The van der Waals surface area contributed by atoms with Gasteiger partial charge in [-0.3, -0.25) is 4.79 Å². The average molecular weight is 392 g/mol. The van der Waals surface area contributed by atoms with Crippen molar-refractivity contribution in [1.29, 1.82) is 0 Å². The summed E-state index contributed by atoms with van der Waals surface area (Å²) in [5.41, 5.74) is 2.20. The number of hydrogen-bond donors (Lipinski definition) is 1. The molecule has 0 unspecified atom stereocenters. The predicted octanol–water partition coefficient (Wildman–Crippen LogP) is 5.80. The van der Waals surface area contributed by atoms with Gasteiger partial charge < -0.3 is 10.1 Å². The van der Waals surface area contributed by atoms with Crippen LogP contribution in [0.25, 0.3) is 0 Å². The molecule has 2 aromatic rings. The Bertz CT molecular complexity index is 718. The van der Waals surface area contributed by atoms with Gasteiger partial charge in [0.15, 0.2) is 0 Å². The number of benzene rings is 2. The van der Waals surface area contributed by atoms with Crippen molar-refractivity contribution in [2.24, 2.45) is 0 Å². The second kappa shape index (κ2) is 10.5. The molecule has 2 rings (SSSR count). The molecule has 0 spiro atoms. The lowest BCUT2D eigenvalue weighted by Crippen LogP contribution is -2.28. The van der Waals surface area contributed by atoms with Crippen LogP contribution < -0.4 is 10.1 Å². The molecule has 2 aromatic carbocycles. The second-order valence-electron chi connectivity index (χ2n) is 6.16. The van der Waals surface area contributed by atoms with Crippen molar-refractivity contribution >= 4 is 29.3 Å². The van der Waals surface area contributed by atoms with Gasteiger partial charge in [0.25, 0.3) is 0 Å². The minimum absolute atomic E-state index is 0.0380. The summed E-state index contributed by atoms with van der Waals surface area (Å²) in [7, 11) is 1.67. The maximum Gasteiger partial charge on any atom is 0.220 e. The van der Waals surface area contributed by atoms with Crippen LogP contribution in [0.2, 0.25) is 5.02 Å². The van der Waals surface area contributed by atoms with Crippen LogP contribution in [0, 0.1) is 6.92 Å². The van der Waals surface area contributed by atoms with E-state index in [0.29, 0.717) is 6.42 Å². The zero-order chi connectivity index (χ0) is 18.9. The van der Waals surface area contributed by atoms with E-state index in [1.807, 2.05) is 43.3 Å². The van der Waals surface area contributed by atoms with E-state index in [1.165, 1.54) is 4.90 Å². The van der Waals surface area contributed by atoms with E-state index in [-0.39, 0.29) is 11.9 Å². The Morgan fingerprint density at radius 1 is 1.23 bits per heavy atom. The summed E-state index contributed by atoms with van der Waals surface area (Å²) in [5.74, 6) is 1.88. The first-order chi connectivity index (χ1) is 12.5. The smallest absolute Gasteiger partial charge is 0.220 e. The molecule has 0 bridgehead atoms. The van der Waals surface area contributed by atoms with Gasteiger partial charge in [0.05, 0.1) is 13.2 Å². The van der Waals surface area contributed by atoms with E-state index >= 15 is 0 Å². The lowest BCUT2D eigenvalue weighted by atomic mass is 10.0. The van der Waals surface area contributed by atoms with Crippen molar-refractivity contribution in [3.8, 4) is 5.75 Å². The molecule has 1 N–H and O–H groups in total. The van der Waals surface area contributed by atoms with Gasteiger partial charge in [0.1, 0.15) is 5.75 Å². The maximum atomic E-state index is 12.3. The summed E-state index contributed by atoms with van der Waals surface area (Å²) in [6.45, 7) is 4.10. The van der Waals surface area contributed by atoms with E-state index in [4.69, 9.17) is 16.3 Å².